The fraction of sp³-hybridized carbons (Fsp3) is 0.750. The second kappa shape index (κ2) is 4.87. The molecule has 0 aromatic carbocycles. The van der Waals surface area contributed by atoms with Crippen molar-refractivity contribution in [2.24, 2.45) is 11.7 Å². The molecule has 0 aromatic heterocycles. The monoisotopic (exact) mass is 224 g/mol. The predicted molar refractivity (Wildman–Crippen MR) is 61.6 cm³/mol. The van der Waals surface area contributed by atoms with E-state index in [9.17, 15) is 4.79 Å². The summed E-state index contributed by atoms with van der Waals surface area (Å²) >= 11 is 0. The zero-order valence-corrected chi connectivity index (χ0v) is 9.74. The van der Waals surface area contributed by atoms with Gasteiger partial charge in [-0.15, -0.1) is 0 Å². The summed E-state index contributed by atoms with van der Waals surface area (Å²) < 4.78 is 4.65. The Kier molecular flexibility index (Phi) is 3.49. The molecule has 1 fully saturated rings. The van der Waals surface area contributed by atoms with Crippen molar-refractivity contribution in [1.82, 2.24) is 5.32 Å². The largest absolute Gasteiger partial charge is 0.468 e. The van der Waals surface area contributed by atoms with Crippen LogP contribution in [0.3, 0.4) is 0 Å². The Morgan fingerprint density at radius 2 is 2.38 bits per heavy atom. The van der Waals surface area contributed by atoms with E-state index in [4.69, 9.17) is 5.73 Å². The fourth-order valence-corrected chi connectivity index (χ4v) is 2.79. The van der Waals surface area contributed by atoms with Gasteiger partial charge >= 0.3 is 5.97 Å². The molecule has 0 amide bonds. The molecule has 16 heavy (non-hydrogen) atoms. The molecule has 3 atom stereocenters. The van der Waals surface area contributed by atoms with E-state index in [1.807, 2.05) is 0 Å². The second-order valence-corrected chi connectivity index (χ2v) is 4.72. The summed E-state index contributed by atoms with van der Waals surface area (Å²) in [5, 5.41) is 3.40. The van der Waals surface area contributed by atoms with E-state index in [1.165, 1.54) is 38.4 Å². The first-order chi connectivity index (χ1) is 7.72. The highest BCUT2D eigenvalue weighted by Gasteiger charge is 2.33. The van der Waals surface area contributed by atoms with Gasteiger partial charge in [0.15, 0.2) is 0 Å². The number of hydrogen-bond acceptors (Lipinski definition) is 4. The zero-order valence-electron chi connectivity index (χ0n) is 9.74. The first-order valence-corrected chi connectivity index (χ1v) is 6.00. The third kappa shape index (κ3) is 2.21. The molecule has 2 unspecified atom stereocenters. The Labute approximate surface area is 96.2 Å². The Hall–Kier alpha value is -1.03. The molecule has 2 aliphatic rings. The van der Waals surface area contributed by atoms with E-state index in [0.29, 0.717) is 18.4 Å². The molecular formula is C12H20N2O2. The van der Waals surface area contributed by atoms with Crippen LogP contribution in [0.1, 0.15) is 32.1 Å². The number of hydrogen-bond donors (Lipinski definition) is 2. The zero-order chi connectivity index (χ0) is 11.5. The fourth-order valence-electron chi connectivity index (χ4n) is 2.79. The Bertz CT molecular complexity index is 301. The Morgan fingerprint density at radius 1 is 1.62 bits per heavy atom. The molecule has 1 heterocycles. The number of rotatable bonds is 3. The van der Waals surface area contributed by atoms with Crippen molar-refractivity contribution in [2.45, 2.75) is 44.2 Å². The smallest absolute Gasteiger partial charge is 0.322 e. The molecule has 1 aliphatic heterocycles. The van der Waals surface area contributed by atoms with Crippen LogP contribution in [0.4, 0.5) is 0 Å². The molecule has 0 bridgehead atoms. The number of nitrogens with two attached hydrogens (primary N) is 1. The summed E-state index contributed by atoms with van der Waals surface area (Å²) in [5.74, 6) is 0.268. The normalized spacial score (nSPS) is 30.0. The van der Waals surface area contributed by atoms with E-state index in [2.05, 4.69) is 16.3 Å². The van der Waals surface area contributed by atoms with Gasteiger partial charge in [0, 0.05) is 12.0 Å². The Balaban J connectivity index is 1.93. The lowest BCUT2D eigenvalue weighted by Gasteiger charge is -2.28. The lowest BCUT2D eigenvalue weighted by Crippen LogP contribution is -2.34. The van der Waals surface area contributed by atoms with Gasteiger partial charge in [-0.2, -0.15) is 0 Å². The van der Waals surface area contributed by atoms with Gasteiger partial charge in [0.2, 0.25) is 0 Å². The summed E-state index contributed by atoms with van der Waals surface area (Å²) in [6.07, 6.45) is 7.73. The van der Waals surface area contributed by atoms with Crippen LogP contribution in [0, 0.1) is 5.92 Å². The molecule has 3 N–H and O–H groups in total. The number of carbonyl (C=O) groups excluding carboxylic acids is 1. The van der Waals surface area contributed by atoms with Crippen molar-refractivity contribution in [3.05, 3.63) is 11.8 Å². The molecule has 4 nitrogen and oxygen atoms in total. The van der Waals surface area contributed by atoms with E-state index in [0.717, 1.165) is 0 Å². The average molecular weight is 224 g/mol. The summed E-state index contributed by atoms with van der Waals surface area (Å²) in [7, 11) is 1.38. The van der Waals surface area contributed by atoms with Crippen LogP contribution in [0.15, 0.2) is 11.8 Å². The molecular weight excluding hydrogens is 204 g/mol. The minimum Gasteiger partial charge on any atom is -0.468 e. The van der Waals surface area contributed by atoms with Gasteiger partial charge in [-0.3, -0.25) is 4.79 Å². The summed E-state index contributed by atoms with van der Waals surface area (Å²) in [6.45, 7) is 0. The van der Waals surface area contributed by atoms with Crippen LogP contribution in [0.25, 0.3) is 0 Å². The van der Waals surface area contributed by atoms with E-state index in [-0.39, 0.29) is 5.97 Å². The average Bonchev–Trinajstić information content (AvgIpc) is 2.72. The van der Waals surface area contributed by atoms with Gasteiger partial charge in [0.25, 0.3) is 0 Å². The maximum atomic E-state index is 11.3. The lowest BCUT2D eigenvalue weighted by molar-refractivity contribution is -0.142. The summed E-state index contributed by atoms with van der Waals surface area (Å²) in [4.78, 5) is 11.3. The number of nitrogens with one attached hydrogen (secondary N) is 1. The quantitative estimate of drug-likeness (QED) is 0.700. The van der Waals surface area contributed by atoms with Gasteiger partial charge in [-0.1, -0.05) is 12.8 Å². The van der Waals surface area contributed by atoms with E-state index < -0.39 is 6.04 Å². The van der Waals surface area contributed by atoms with Gasteiger partial charge in [-0.05, 0) is 31.0 Å². The first-order valence-electron chi connectivity index (χ1n) is 6.00. The molecule has 90 valence electrons. The first kappa shape index (κ1) is 11.5. The van der Waals surface area contributed by atoms with Crippen LogP contribution in [-0.4, -0.2) is 25.2 Å². The van der Waals surface area contributed by atoms with Crippen LogP contribution in [0.2, 0.25) is 0 Å². The van der Waals surface area contributed by atoms with Gasteiger partial charge in [-0.25, -0.2) is 0 Å². The number of esters is 1. The molecule has 0 spiro atoms. The van der Waals surface area contributed by atoms with Gasteiger partial charge in [0.05, 0.1) is 7.11 Å². The minimum atomic E-state index is -0.515. The summed E-state index contributed by atoms with van der Waals surface area (Å²) in [5.41, 5.74) is 7.08. The van der Waals surface area contributed by atoms with Crippen molar-refractivity contribution in [1.29, 1.82) is 0 Å². The Morgan fingerprint density at radius 3 is 3.12 bits per heavy atom. The van der Waals surface area contributed by atoms with Crippen molar-refractivity contribution in [2.75, 3.05) is 7.11 Å². The van der Waals surface area contributed by atoms with Crippen LogP contribution in [-0.2, 0) is 9.53 Å². The highest BCUT2D eigenvalue weighted by atomic mass is 16.5. The topological polar surface area (TPSA) is 64.3 Å². The molecule has 1 saturated carbocycles. The minimum absolute atomic E-state index is 0.319. The maximum Gasteiger partial charge on any atom is 0.322 e. The number of fused-ring (bicyclic) bond motifs is 1. The third-order valence-corrected chi connectivity index (χ3v) is 3.68. The number of ether oxygens (including phenoxy) is 1. The van der Waals surface area contributed by atoms with Crippen molar-refractivity contribution in [3.8, 4) is 0 Å². The second-order valence-electron chi connectivity index (χ2n) is 4.72. The molecule has 2 rings (SSSR count). The SMILES string of the molecule is COC(=O)[C@@H](N)CC1=CNC2CCCCC12. The lowest BCUT2D eigenvalue weighted by atomic mass is 9.80. The van der Waals surface area contributed by atoms with Crippen LogP contribution >= 0.6 is 0 Å². The molecule has 1 aliphatic carbocycles. The predicted octanol–water partition coefficient (Wildman–Crippen LogP) is 0.923. The van der Waals surface area contributed by atoms with Crippen molar-refractivity contribution in [3.63, 3.8) is 0 Å². The van der Waals surface area contributed by atoms with E-state index >= 15 is 0 Å². The van der Waals surface area contributed by atoms with Crippen LogP contribution < -0.4 is 11.1 Å². The van der Waals surface area contributed by atoms with Crippen LogP contribution in [0.5, 0.6) is 0 Å². The third-order valence-electron chi connectivity index (χ3n) is 3.68. The molecule has 0 radical (unpaired) electrons. The van der Waals surface area contributed by atoms with E-state index in [1.54, 1.807) is 0 Å². The number of methoxy groups -OCH3 is 1. The van der Waals surface area contributed by atoms with Gasteiger partial charge in [0.1, 0.15) is 6.04 Å². The van der Waals surface area contributed by atoms with Crippen molar-refractivity contribution >= 4 is 5.97 Å². The summed E-state index contributed by atoms with van der Waals surface area (Å²) in [6, 6.07) is 0.0623. The highest BCUT2D eigenvalue weighted by molar-refractivity contribution is 5.75. The highest BCUT2D eigenvalue weighted by Crippen LogP contribution is 2.35. The molecule has 4 heteroatoms. The number of carbonyl (C=O) groups is 1. The van der Waals surface area contributed by atoms with Crippen molar-refractivity contribution < 1.29 is 9.53 Å². The van der Waals surface area contributed by atoms with Gasteiger partial charge < -0.3 is 15.8 Å². The molecule has 0 saturated heterocycles. The standard InChI is InChI=1S/C12H20N2O2/c1-16-12(15)10(13)6-8-7-14-11-5-3-2-4-9(8)11/h7,9-11,14H,2-6,13H2,1H3/t9?,10-,11?/m0/s1. The molecule has 0 aromatic rings. The maximum absolute atomic E-state index is 11.3.